The Hall–Kier alpha value is -0.0400. The summed E-state index contributed by atoms with van der Waals surface area (Å²) in [6, 6.07) is 0. The highest BCUT2D eigenvalue weighted by atomic mass is 15.1. The van der Waals surface area contributed by atoms with Gasteiger partial charge in [-0.1, -0.05) is 117 Å². The van der Waals surface area contributed by atoms with Crippen molar-refractivity contribution in [1.29, 1.82) is 0 Å². The van der Waals surface area contributed by atoms with Gasteiger partial charge >= 0.3 is 0 Å². The van der Waals surface area contributed by atoms with Crippen LogP contribution in [0.2, 0.25) is 0 Å². The van der Waals surface area contributed by atoms with Crippen LogP contribution >= 0.6 is 0 Å². The average molecular weight is 354 g/mol. The molecule has 0 spiro atoms. The lowest BCUT2D eigenvalue weighted by molar-refractivity contribution is 0.139. The summed E-state index contributed by atoms with van der Waals surface area (Å²) in [6.45, 7) is 7.10. The Bertz CT molecular complexity index is 239. The SMILES string of the molecule is CCCCCCCCCCC(C)(CCCCCCCCCC)N(C)C. The van der Waals surface area contributed by atoms with Crippen LogP contribution in [0.1, 0.15) is 136 Å². The van der Waals surface area contributed by atoms with E-state index in [4.69, 9.17) is 0 Å². The molecule has 0 aromatic carbocycles. The van der Waals surface area contributed by atoms with Gasteiger partial charge in [-0.05, 0) is 33.9 Å². The fraction of sp³-hybridized carbons (Fsp3) is 1.00. The van der Waals surface area contributed by atoms with Crippen LogP contribution in [0, 0.1) is 0 Å². The third-order valence-electron chi connectivity index (χ3n) is 6.22. The van der Waals surface area contributed by atoms with Gasteiger partial charge in [0.25, 0.3) is 0 Å². The lowest BCUT2D eigenvalue weighted by Gasteiger charge is -2.37. The first-order valence-electron chi connectivity index (χ1n) is 11.7. The predicted molar refractivity (Wildman–Crippen MR) is 117 cm³/mol. The van der Waals surface area contributed by atoms with Crippen molar-refractivity contribution >= 4 is 0 Å². The Balaban J connectivity index is 3.71. The zero-order chi connectivity index (χ0) is 18.8. The Morgan fingerprint density at radius 2 is 0.760 bits per heavy atom. The zero-order valence-corrected chi connectivity index (χ0v) is 18.7. The summed E-state index contributed by atoms with van der Waals surface area (Å²) in [5.41, 5.74) is 0.421. The minimum atomic E-state index is 0.421. The molecule has 0 amide bonds. The number of nitrogens with zero attached hydrogens (tertiary/aromatic N) is 1. The molecule has 0 aromatic heterocycles. The largest absolute Gasteiger partial charge is 0.304 e. The van der Waals surface area contributed by atoms with Crippen LogP contribution in [-0.4, -0.2) is 24.5 Å². The minimum absolute atomic E-state index is 0.421. The van der Waals surface area contributed by atoms with Gasteiger partial charge < -0.3 is 4.90 Å². The number of unbranched alkanes of at least 4 members (excludes halogenated alkanes) is 14. The van der Waals surface area contributed by atoms with Gasteiger partial charge in [-0.25, -0.2) is 0 Å². The molecule has 0 N–H and O–H groups in total. The van der Waals surface area contributed by atoms with Gasteiger partial charge in [-0.15, -0.1) is 0 Å². The Labute approximate surface area is 161 Å². The number of hydrogen-bond donors (Lipinski definition) is 0. The van der Waals surface area contributed by atoms with E-state index >= 15 is 0 Å². The summed E-state index contributed by atoms with van der Waals surface area (Å²) < 4.78 is 0. The van der Waals surface area contributed by atoms with Crippen molar-refractivity contribution in [3.63, 3.8) is 0 Å². The van der Waals surface area contributed by atoms with E-state index in [0.717, 1.165) is 0 Å². The van der Waals surface area contributed by atoms with Crippen molar-refractivity contribution in [2.45, 2.75) is 142 Å². The lowest BCUT2D eigenvalue weighted by atomic mass is 9.87. The van der Waals surface area contributed by atoms with Crippen molar-refractivity contribution in [2.75, 3.05) is 14.1 Å². The van der Waals surface area contributed by atoms with Crippen molar-refractivity contribution in [3.8, 4) is 0 Å². The quantitative estimate of drug-likeness (QED) is 0.211. The van der Waals surface area contributed by atoms with Crippen LogP contribution in [0.4, 0.5) is 0 Å². The molecule has 1 nitrogen and oxygen atoms in total. The molecule has 0 saturated carbocycles. The molecule has 0 unspecified atom stereocenters. The second kappa shape index (κ2) is 17.4. The standard InChI is InChI=1S/C24H51N/c1-6-8-10-12-14-16-18-20-22-24(3,25(4)5)23-21-19-17-15-13-11-9-7-2/h6-23H2,1-5H3. The predicted octanol–water partition coefficient (Wildman–Crippen LogP) is 8.37. The van der Waals surface area contributed by atoms with E-state index in [0.29, 0.717) is 5.54 Å². The van der Waals surface area contributed by atoms with E-state index in [2.05, 4.69) is 39.8 Å². The molecule has 152 valence electrons. The van der Waals surface area contributed by atoms with Crippen LogP contribution in [0.25, 0.3) is 0 Å². The lowest BCUT2D eigenvalue weighted by Crippen LogP contribution is -2.41. The van der Waals surface area contributed by atoms with Crippen LogP contribution in [-0.2, 0) is 0 Å². The van der Waals surface area contributed by atoms with Crippen LogP contribution < -0.4 is 0 Å². The maximum absolute atomic E-state index is 2.50. The number of hydrogen-bond acceptors (Lipinski definition) is 1. The van der Waals surface area contributed by atoms with E-state index in [1.54, 1.807) is 0 Å². The molecular formula is C24H51N. The van der Waals surface area contributed by atoms with Gasteiger partial charge in [0.15, 0.2) is 0 Å². The van der Waals surface area contributed by atoms with E-state index in [-0.39, 0.29) is 0 Å². The maximum atomic E-state index is 2.50. The molecule has 0 heterocycles. The molecule has 25 heavy (non-hydrogen) atoms. The molecule has 0 fully saturated rings. The topological polar surface area (TPSA) is 3.24 Å². The van der Waals surface area contributed by atoms with Gasteiger partial charge in [0.2, 0.25) is 0 Å². The summed E-state index contributed by atoms with van der Waals surface area (Å²) in [5.74, 6) is 0. The maximum Gasteiger partial charge on any atom is 0.0175 e. The smallest absolute Gasteiger partial charge is 0.0175 e. The summed E-state index contributed by atoms with van der Waals surface area (Å²) in [6.07, 6.45) is 25.7. The van der Waals surface area contributed by atoms with Crippen molar-refractivity contribution < 1.29 is 0 Å². The third kappa shape index (κ3) is 14.8. The summed E-state index contributed by atoms with van der Waals surface area (Å²) in [5, 5.41) is 0. The average Bonchev–Trinajstić information content (AvgIpc) is 2.59. The molecule has 0 rings (SSSR count). The highest BCUT2D eigenvalue weighted by molar-refractivity contribution is 4.82. The van der Waals surface area contributed by atoms with E-state index in [1.165, 1.54) is 116 Å². The molecule has 0 aliphatic carbocycles. The van der Waals surface area contributed by atoms with Gasteiger partial charge in [0.05, 0.1) is 0 Å². The Morgan fingerprint density at radius 1 is 0.480 bits per heavy atom. The molecule has 0 atom stereocenters. The molecule has 0 radical (unpaired) electrons. The first-order valence-corrected chi connectivity index (χ1v) is 11.7. The fourth-order valence-electron chi connectivity index (χ4n) is 3.85. The Kier molecular flexibility index (Phi) is 17.3. The monoisotopic (exact) mass is 353 g/mol. The minimum Gasteiger partial charge on any atom is -0.304 e. The third-order valence-corrected chi connectivity index (χ3v) is 6.22. The normalized spacial score (nSPS) is 12.2. The van der Waals surface area contributed by atoms with Crippen molar-refractivity contribution in [3.05, 3.63) is 0 Å². The molecule has 1 heteroatoms. The van der Waals surface area contributed by atoms with E-state index < -0.39 is 0 Å². The highest BCUT2D eigenvalue weighted by Crippen LogP contribution is 2.27. The van der Waals surface area contributed by atoms with E-state index in [1.807, 2.05) is 0 Å². The second-order valence-corrected chi connectivity index (χ2v) is 8.84. The Morgan fingerprint density at radius 3 is 1.04 bits per heavy atom. The number of rotatable bonds is 19. The first-order chi connectivity index (χ1) is 12.1. The van der Waals surface area contributed by atoms with Gasteiger partial charge in [0.1, 0.15) is 0 Å². The van der Waals surface area contributed by atoms with Crippen molar-refractivity contribution in [1.82, 2.24) is 4.90 Å². The van der Waals surface area contributed by atoms with Crippen LogP contribution in [0.3, 0.4) is 0 Å². The highest BCUT2D eigenvalue weighted by Gasteiger charge is 2.25. The summed E-state index contributed by atoms with van der Waals surface area (Å²) in [7, 11) is 4.57. The second-order valence-electron chi connectivity index (χ2n) is 8.84. The van der Waals surface area contributed by atoms with Crippen LogP contribution in [0.15, 0.2) is 0 Å². The molecule has 0 aliphatic heterocycles. The van der Waals surface area contributed by atoms with Crippen molar-refractivity contribution in [2.24, 2.45) is 0 Å². The zero-order valence-electron chi connectivity index (χ0n) is 18.7. The molecular weight excluding hydrogens is 302 g/mol. The van der Waals surface area contributed by atoms with Gasteiger partial charge in [0, 0.05) is 5.54 Å². The molecule has 0 bridgehead atoms. The molecule has 0 saturated heterocycles. The molecule has 0 aliphatic rings. The summed E-state index contributed by atoms with van der Waals surface area (Å²) in [4.78, 5) is 2.50. The molecule has 0 aromatic rings. The fourth-order valence-corrected chi connectivity index (χ4v) is 3.85. The van der Waals surface area contributed by atoms with Crippen LogP contribution in [0.5, 0.6) is 0 Å². The van der Waals surface area contributed by atoms with E-state index in [9.17, 15) is 0 Å². The van der Waals surface area contributed by atoms with Gasteiger partial charge in [-0.2, -0.15) is 0 Å². The first kappa shape index (κ1) is 25.0. The summed E-state index contributed by atoms with van der Waals surface area (Å²) >= 11 is 0. The van der Waals surface area contributed by atoms with Gasteiger partial charge in [-0.3, -0.25) is 0 Å².